The second-order valence-electron chi connectivity index (χ2n) is 9.51. The number of rotatable bonds is 0. The third-order valence-electron chi connectivity index (χ3n) is 7.76. The number of fused-ring (bicyclic) bond motifs is 8. The fraction of sp³-hybridized carbons (Fsp3) is 0.250. The second kappa shape index (κ2) is 8.43. The van der Waals surface area contributed by atoms with Gasteiger partial charge in [0.1, 0.15) is 0 Å². The lowest BCUT2D eigenvalue weighted by Gasteiger charge is -2.19. The van der Waals surface area contributed by atoms with Crippen molar-refractivity contribution in [2.24, 2.45) is 0 Å². The van der Waals surface area contributed by atoms with E-state index in [1.165, 1.54) is 66.8 Å². The van der Waals surface area contributed by atoms with E-state index in [0.29, 0.717) is 0 Å². The summed E-state index contributed by atoms with van der Waals surface area (Å²) in [6.45, 7) is 9.22. The molecule has 0 heteroatoms. The van der Waals surface area contributed by atoms with E-state index in [2.05, 4.69) is 100 Å². The van der Waals surface area contributed by atoms with Crippen molar-refractivity contribution in [2.75, 3.05) is 0 Å². The van der Waals surface area contributed by atoms with Crippen molar-refractivity contribution in [1.82, 2.24) is 0 Å². The Morgan fingerprint density at radius 2 is 0.469 bits per heavy atom. The van der Waals surface area contributed by atoms with Crippen molar-refractivity contribution in [3.05, 3.63) is 140 Å². The van der Waals surface area contributed by atoms with Crippen LogP contribution in [0.2, 0.25) is 0 Å². The first-order chi connectivity index (χ1) is 15.5. The van der Waals surface area contributed by atoms with Crippen LogP contribution in [0.4, 0.5) is 0 Å². The van der Waals surface area contributed by atoms with Gasteiger partial charge in [0, 0.05) is 0 Å². The summed E-state index contributed by atoms with van der Waals surface area (Å²) < 4.78 is 0. The van der Waals surface area contributed by atoms with Crippen LogP contribution in [0, 0.1) is 27.7 Å². The van der Waals surface area contributed by atoms with Crippen molar-refractivity contribution in [3.63, 3.8) is 0 Å². The summed E-state index contributed by atoms with van der Waals surface area (Å²) in [5.74, 6) is 0. The van der Waals surface area contributed by atoms with Gasteiger partial charge in [-0.15, -0.1) is 0 Å². The zero-order valence-corrected chi connectivity index (χ0v) is 19.8. The maximum atomic E-state index is 2.31. The van der Waals surface area contributed by atoms with E-state index in [1.807, 2.05) is 0 Å². The van der Waals surface area contributed by atoms with Crippen LogP contribution in [0.5, 0.6) is 0 Å². The molecule has 0 atom stereocenters. The smallest absolute Gasteiger partial charge is 0.00203 e. The predicted octanol–water partition coefficient (Wildman–Crippen LogP) is 7.60. The number of hydrogen-bond donors (Lipinski definition) is 0. The zero-order chi connectivity index (χ0) is 22.2. The van der Waals surface area contributed by atoms with Gasteiger partial charge in [-0.05, 0) is 120 Å². The highest BCUT2D eigenvalue weighted by Crippen LogP contribution is 2.28. The molecule has 32 heavy (non-hydrogen) atoms. The van der Waals surface area contributed by atoms with Crippen LogP contribution in [0.15, 0.2) is 72.8 Å². The van der Waals surface area contributed by atoms with Gasteiger partial charge >= 0.3 is 0 Å². The van der Waals surface area contributed by atoms with Gasteiger partial charge in [0.2, 0.25) is 0 Å². The van der Waals surface area contributed by atoms with E-state index in [9.17, 15) is 0 Å². The minimum Gasteiger partial charge on any atom is -0.0617 e. The van der Waals surface area contributed by atoms with Crippen molar-refractivity contribution >= 4 is 0 Å². The zero-order valence-electron chi connectivity index (χ0n) is 19.8. The standard InChI is InChI=1S/C32H32/c1-21-25-9-5-10-26(21)18-28-12-7-14-30(23(28)3)20-32-16-8-15-31(24(32)4)19-29-13-6-11-27(17-25)22(29)2/h5-16H,17-20H2,1-4H3. The summed E-state index contributed by atoms with van der Waals surface area (Å²) in [5, 5.41) is 0. The largest absolute Gasteiger partial charge is 0.0617 e. The molecule has 0 N–H and O–H groups in total. The number of benzene rings is 4. The van der Waals surface area contributed by atoms with E-state index < -0.39 is 0 Å². The molecule has 0 saturated carbocycles. The lowest BCUT2D eigenvalue weighted by atomic mass is 9.86. The molecule has 0 nitrogen and oxygen atoms in total. The molecule has 1 aliphatic carbocycles. The van der Waals surface area contributed by atoms with Crippen LogP contribution in [-0.4, -0.2) is 0 Å². The molecule has 0 aliphatic heterocycles. The topological polar surface area (TPSA) is 0 Å². The van der Waals surface area contributed by atoms with E-state index >= 15 is 0 Å². The van der Waals surface area contributed by atoms with Crippen molar-refractivity contribution in [1.29, 1.82) is 0 Å². The van der Waals surface area contributed by atoms with Gasteiger partial charge in [-0.1, -0.05) is 72.8 Å². The predicted molar refractivity (Wildman–Crippen MR) is 136 cm³/mol. The summed E-state index contributed by atoms with van der Waals surface area (Å²) in [6.07, 6.45) is 3.99. The average Bonchev–Trinajstić information content (AvgIpc) is 2.78. The molecule has 0 spiro atoms. The Bertz CT molecular complexity index is 1020. The fourth-order valence-corrected chi connectivity index (χ4v) is 5.30. The molecule has 4 aromatic rings. The minimum atomic E-state index is 0.997. The van der Waals surface area contributed by atoms with Crippen molar-refractivity contribution < 1.29 is 0 Å². The average molecular weight is 417 g/mol. The van der Waals surface area contributed by atoms with Gasteiger partial charge < -0.3 is 0 Å². The lowest BCUT2D eigenvalue weighted by Crippen LogP contribution is -2.05. The monoisotopic (exact) mass is 416 g/mol. The third kappa shape index (κ3) is 3.79. The molecule has 0 unspecified atom stereocenters. The SMILES string of the molecule is Cc1c2cccc1Cc1cccc(c1C)Cc1cccc(c1C)Cc1cccc(c1C)C2. The fourth-order valence-electron chi connectivity index (χ4n) is 5.30. The quantitative estimate of drug-likeness (QED) is 0.244. The molecular weight excluding hydrogens is 384 g/mol. The Morgan fingerprint density at radius 3 is 0.625 bits per heavy atom. The van der Waals surface area contributed by atoms with Crippen LogP contribution < -0.4 is 0 Å². The molecule has 0 saturated heterocycles. The summed E-state index contributed by atoms with van der Waals surface area (Å²) in [4.78, 5) is 0. The first-order valence-corrected chi connectivity index (χ1v) is 11.8. The van der Waals surface area contributed by atoms with E-state index in [1.54, 1.807) is 0 Å². The Morgan fingerprint density at radius 1 is 0.312 bits per heavy atom. The first kappa shape index (κ1) is 20.8. The summed E-state index contributed by atoms with van der Waals surface area (Å²) in [7, 11) is 0. The molecule has 5 rings (SSSR count). The van der Waals surface area contributed by atoms with Crippen molar-refractivity contribution in [3.8, 4) is 0 Å². The van der Waals surface area contributed by atoms with Crippen LogP contribution in [0.1, 0.15) is 66.8 Å². The number of hydrogen-bond acceptors (Lipinski definition) is 0. The molecule has 0 aromatic heterocycles. The highest BCUT2D eigenvalue weighted by Gasteiger charge is 2.14. The van der Waals surface area contributed by atoms with Gasteiger partial charge in [0.25, 0.3) is 0 Å². The molecular formula is C32H32. The third-order valence-corrected chi connectivity index (χ3v) is 7.76. The summed E-state index contributed by atoms with van der Waals surface area (Å²) >= 11 is 0. The van der Waals surface area contributed by atoms with Crippen LogP contribution in [0.25, 0.3) is 0 Å². The van der Waals surface area contributed by atoms with Gasteiger partial charge in [-0.2, -0.15) is 0 Å². The molecule has 0 amide bonds. The van der Waals surface area contributed by atoms with Gasteiger partial charge in [0.15, 0.2) is 0 Å². The Labute approximate surface area is 193 Å². The van der Waals surface area contributed by atoms with E-state index in [4.69, 9.17) is 0 Å². The lowest BCUT2D eigenvalue weighted by molar-refractivity contribution is 1.02. The normalized spacial score (nSPS) is 13.1. The van der Waals surface area contributed by atoms with Gasteiger partial charge in [-0.3, -0.25) is 0 Å². The van der Waals surface area contributed by atoms with Gasteiger partial charge in [0.05, 0.1) is 0 Å². The van der Waals surface area contributed by atoms with Crippen molar-refractivity contribution in [2.45, 2.75) is 53.4 Å². The highest BCUT2D eigenvalue weighted by molar-refractivity contribution is 5.48. The van der Waals surface area contributed by atoms with Crippen LogP contribution in [0.3, 0.4) is 0 Å². The minimum absolute atomic E-state index is 0.997. The summed E-state index contributed by atoms with van der Waals surface area (Å²) in [6, 6.07) is 27.5. The molecule has 0 fully saturated rings. The van der Waals surface area contributed by atoms with E-state index in [-0.39, 0.29) is 0 Å². The Hall–Kier alpha value is -3.12. The highest BCUT2D eigenvalue weighted by atomic mass is 14.2. The molecule has 1 aliphatic rings. The first-order valence-electron chi connectivity index (χ1n) is 11.8. The second-order valence-corrected chi connectivity index (χ2v) is 9.51. The molecule has 0 heterocycles. The summed E-state index contributed by atoms with van der Waals surface area (Å²) in [5.41, 5.74) is 17.3. The Kier molecular flexibility index (Phi) is 5.47. The maximum Gasteiger partial charge on any atom is -0.00203 e. The molecule has 0 radical (unpaired) electrons. The van der Waals surface area contributed by atoms with Crippen LogP contribution >= 0.6 is 0 Å². The Balaban J connectivity index is 1.71. The molecule has 8 bridgehead atoms. The van der Waals surface area contributed by atoms with Gasteiger partial charge in [-0.25, -0.2) is 0 Å². The maximum absolute atomic E-state index is 2.31. The molecule has 160 valence electrons. The van der Waals surface area contributed by atoms with E-state index in [0.717, 1.165) is 25.7 Å². The molecule has 4 aromatic carbocycles. The van der Waals surface area contributed by atoms with Crippen LogP contribution in [-0.2, 0) is 25.7 Å².